The molecule has 1 atom stereocenters. The molecular formula is C17H18N4O. The van der Waals surface area contributed by atoms with E-state index >= 15 is 0 Å². The number of aromatic nitrogens is 3. The van der Waals surface area contributed by atoms with Crippen LogP contribution in [0.15, 0.2) is 48.5 Å². The maximum atomic E-state index is 12.3. The Bertz CT molecular complexity index is 766. The van der Waals surface area contributed by atoms with Crippen molar-refractivity contribution in [3.63, 3.8) is 0 Å². The first-order valence-electron chi connectivity index (χ1n) is 7.38. The summed E-state index contributed by atoms with van der Waals surface area (Å²) < 4.78 is 0. The van der Waals surface area contributed by atoms with E-state index in [0.29, 0.717) is 11.1 Å². The zero-order valence-electron chi connectivity index (χ0n) is 12.4. The van der Waals surface area contributed by atoms with Crippen molar-refractivity contribution >= 4 is 16.9 Å². The van der Waals surface area contributed by atoms with Gasteiger partial charge < -0.3 is 5.32 Å². The summed E-state index contributed by atoms with van der Waals surface area (Å²) in [5.41, 5.74) is 3.35. The summed E-state index contributed by atoms with van der Waals surface area (Å²) in [6.07, 6.45) is 1.85. The van der Waals surface area contributed by atoms with Gasteiger partial charge in [-0.3, -0.25) is 4.79 Å². The Morgan fingerprint density at radius 1 is 1.14 bits per heavy atom. The summed E-state index contributed by atoms with van der Waals surface area (Å²) in [5.74, 6) is -0.0783. The molecule has 0 bridgehead atoms. The van der Waals surface area contributed by atoms with Crippen molar-refractivity contribution in [2.24, 2.45) is 0 Å². The lowest BCUT2D eigenvalue weighted by Gasteiger charge is -2.14. The maximum absolute atomic E-state index is 12.3. The van der Waals surface area contributed by atoms with Gasteiger partial charge in [0.05, 0.1) is 0 Å². The van der Waals surface area contributed by atoms with Crippen LogP contribution in [0.4, 0.5) is 0 Å². The Morgan fingerprint density at radius 2 is 1.91 bits per heavy atom. The number of aryl methyl sites for hydroxylation is 1. The molecule has 0 aliphatic rings. The molecule has 22 heavy (non-hydrogen) atoms. The second-order valence-corrected chi connectivity index (χ2v) is 5.43. The van der Waals surface area contributed by atoms with E-state index < -0.39 is 0 Å². The Balaban J connectivity index is 1.58. The van der Waals surface area contributed by atoms with Crippen LogP contribution in [0.3, 0.4) is 0 Å². The third kappa shape index (κ3) is 3.31. The van der Waals surface area contributed by atoms with E-state index in [4.69, 9.17) is 0 Å². The fourth-order valence-corrected chi connectivity index (χ4v) is 2.39. The Labute approximate surface area is 128 Å². The molecule has 0 fully saturated rings. The molecule has 112 valence electrons. The number of aromatic amines is 1. The molecular weight excluding hydrogens is 276 g/mol. The molecule has 3 rings (SSSR count). The molecule has 0 aliphatic heterocycles. The third-order valence-electron chi connectivity index (χ3n) is 3.66. The highest BCUT2D eigenvalue weighted by atomic mass is 16.1. The van der Waals surface area contributed by atoms with Crippen LogP contribution < -0.4 is 5.32 Å². The first kappa shape index (κ1) is 14.3. The first-order chi connectivity index (χ1) is 10.7. The van der Waals surface area contributed by atoms with Crippen LogP contribution in [0.2, 0.25) is 0 Å². The number of fused-ring (bicyclic) bond motifs is 1. The highest BCUT2D eigenvalue weighted by Crippen LogP contribution is 2.11. The molecule has 1 heterocycles. The van der Waals surface area contributed by atoms with Crippen molar-refractivity contribution in [1.29, 1.82) is 0 Å². The van der Waals surface area contributed by atoms with Crippen molar-refractivity contribution in [2.75, 3.05) is 0 Å². The van der Waals surface area contributed by atoms with Crippen LogP contribution >= 0.6 is 0 Å². The van der Waals surface area contributed by atoms with Gasteiger partial charge in [0.1, 0.15) is 11.0 Å². The molecule has 1 amide bonds. The van der Waals surface area contributed by atoms with Gasteiger partial charge in [0.15, 0.2) is 0 Å². The Morgan fingerprint density at radius 3 is 2.73 bits per heavy atom. The monoisotopic (exact) mass is 294 g/mol. The quantitative estimate of drug-likeness (QED) is 0.760. The number of benzene rings is 2. The van der Waals surface area contributed by atoms with Gasteiger partial charge in [0.2, 0.25) is 0 Å². The molecule has 0 saturated heterocycles. The lowest BCUT2D eigenvalue weighted by molar-refractivity contribution is 0.0938. The van der Waals surface area contributed by atoms with Crippen LogP contribution in [0, 0.1) is 0 Å². The topological polar surface area (TPSA) is 70.7 Å². The van der Waals surface area contributed by atoms with Gasteiger partial charge in [-0.1, -0.05) is 30.3 Å². The van der Waals surface area contributed by atoms with Crippen LogP contribution in [-0.2, 0) is 6.42 Å². The van der Waals surface area contributed by atoms with Crippen molar-refractivity contribution in [1.82, 2.24) is 20.7 Å². The number of carbonyl (C=O) groups excluding carboxylic acids is 1. The number of rotatable bonds is 5. The highest BCUT2D eigenvalue weighted by molar-refractivity contribution is 5.97. The van der Waals surface area contributed by atoms with Crippen LogP contribution in [0.5, 0.6) is 0 Å². The van der Waals surface area contributed by atoms with E-state index in [2.05, 4.69) is 32.9 Å². The van der Waals surface area contributed by atoms with Crippen molar-refractivity contribution in [2.45, 2.75) is 25.8 Å². The van der Waals surface area contributed by atoms with Crippen molar-refractivity contribution < 1.29 is 4.79 Å². The van der Waals surface area contributed by atoms with Gasteiger partial charge >= 0.3 is 0 Å². The fraction of sp³-hybridized carbons (Fsp3) is 0.235. The van der Waals surface area contributed by atoms with Gasteiger partial charge in [0, 0.05) is 11.6 Å². The predicted molar refractivity (Wildman–Crippen MR) is 85.6 cm³/mol. The minimum absolute atomic E-state index is 0.0783. The Kier molecular flexibility index (Phi) is 4.14. The van der Waals surface area contributed by atoms with E-state index in [0.717, 1.165) is 18.4 Å². The molecule has 0 radical (unpaired) electrons. The summed E-state index contributed by atoms with van der Waals surface area (Å²) in [5, 5.41) is 13.6. The van der Waals surface area contributed by atoms with Gasteiger partial charge in [-0.15, -0.1) is 0 Å². The SMILES string of the molecule is C[C@H](CCc1ccccc1)NC(=O)c1ccc2n[nH]nc2c1. The second kappa shape index (κ2) is 6.39. The molecule has 5 heteroatoms. The average molecular weight is 294 g/mol. The zero-order valence-corrected chi connectivity index (χ0v) is 12.4. The third-order valence-corrected chi connectivity index (χ3v) is 3.66. The van der Waals surface area contributed by atoms with Crippen LogP contribution in [-0.4, -0.2) is 27.4 Å². The number of H-pyrrole nitrogens is 1. The summed E-state index contributed by atoms with van der Waals surface area (Å²) in [6, 6.07) is 15.7. The number of hydrogen-bond acceptors (Lipinski definition) is 3. The lowest BCUT2D eigenvalue weighted by atomic mass is 10.1. The second-order valence-electron chi connectivity index (χ2n) is 5.43. The minimum Gasteiger partial charge on any atom is -0.350 e. The minimum atomic E-state index is -0.0783. The van der Waals surface area contributed by atoms with Gasteiger partial charge in [-0.25, -0.2) is 0 Å². The summed E-state index contributed by atoms with van der Waals surface area (Å²) in [7, 11) is 0. The van der Waals surface area contributed by atoms with E-state index in [-0.39, 0.29) is 11.9 Å². The maximum Gasteiger partial charge on any atom is 0.251 e. The number of hydrogen-bond donors (Lipinski definition) is 2. The van der Waals surface area contributed by atoms with Crippen molar-refractivity contribution in [3.8, 4) is 0 Å². The molecule has 0 saturated carbocycles. The van der Waals surface area contributed by atoms with E-state index in [1.54, 1.807) is 18.2 Å². The van der Waals surface area contributed by atoms with E-state index in [9.17, 15) is 4.79 Å². The van der Waals surface area contributed by atoms with Gasteiger partial charge in [0.25, 0.3) is 5.91 Å². The molecule has 0 spiro atoms. The summed E-state index contributed by atoms with van der Waals surface area (Å²) in [4.78, 5) is 12.3. The standard InChI is InChI=1S/C17H18N4O/c1-12(7-8-13-5-3-2-4-6-13)18-17(22)14-9-10-15-16(11-14)20-21-19-15/h2-6,9-12H,7-8H2,1H3,(H,18,22)(H,19,20,21)/t12-/m1/s1. The number of carbonyl (C=O) groups is 1. The fourth-order valence-electron chi connectivity index (χ4n) is 2.39. The van der Waals surface area contributed by atoms with Crippen molar-refractivity contribution in [3.05, 3.63) is 59.7 Å². The number of amides is 1. The van der Waals surface area contributed by atoms with Crippen LogP contribution in [0.1, 0.15) is 29.3 Å². The lowest BCUT2D eigenvalue weighted by Crippen LogP contribution is -2.32. The summed E-state index contributed by atoms with van der Waals surface area (Å²) in [6.45, 7) is 2.02. The molecule has 3 aromatic rings. The molecule has 1 aromatic heterocycles. The number of nitrogens with zero attached hydrogens (tertiary/aromatic N) is 2. The molecule has 0 aliphatic carbocycles. The van der Waals surface area contributed by atoms with E-state index in [1.807, 2.05) is 25.1 Å². The molecule has 2 N–H and O–H groups in total. The number of nitrogens with one attached hydrogen (secondary N) is 2. The largest absolute Gasteiger partial charge is 0.350 e. The smallest absolute Gasteiger partial charge is 0.251 e. The molecule has 0 unspecified atom stereocenters. The van der Waals surface area contributed by atoms with Gasteiger partial charge in [-0.2, -0.15) is 15.4 Å². The highest BCUT2D eigenvalue weighted by Gasteiger charge is 2.11. The van der Waals surface area contributed by atoms with Gasteiger partial charge in [-0.05, 0) is 43.5 Å². The summed E-state index contributed by atoms with van der Waals surface area (Å²) >= 11 is 0. The zero-order chi connectivity index (χ0) is 15.4. The predicted octanol–water partition coefficient (Wildman–Crippen LogP) is 2.71. The van der Waals surface area contributed by atoms with E-state index in [1.165, 1.54) is 5.56 Å². The average Bonchev–Trinajstić information content (AvgIpc) is 3.01. The Hall–Kier alpha value is -2.69. The first-order valence-corrected chi connectivity index (χ1v) is 7.38. The molecule has 2 aromatic carbocycles. The normalized spacial score (nSPS) is 12.2. The molecule has 5 nitrogen and oxygen atoms in total. The van der Waals surface area contributed by atoms with Crippen LogP contribution in [0.25, 0.3) is 11.0 Å².